The molecule has 1 rings (SSSR count). The second kappa shape index (κ2) is 10.2. The summed E-state index contributed by atoms with van der Waals surface area (Å²) >= 11 is 0. The highest BCUT2D eigenvalue weighted by atomic mass is 127. The van der Waals surface area contributed by atoms with Crippen molar-refractivity contribution in [3.05, 3.63) is 0 Å². The van der Waals surface area contributed by atoms with Crippen LogP contribution < -0.4 is 34.6 Å². The molecule has 0 aliphatic carbocycles. The zero-order valence-electron chi connectivity index (χ0n) is 16.3. The molecule has 0 aromatic carbocycles. The van der Waals surface area contributed by atoms with Crippen LogP contribution in [-0.4, -0.2) is 105 Å². The maximum Gasteiger partial charge on any atom is 0.252 e. The minimum absolute atomic E-state index is 0. The molecule has 1 saturated heterocycles. The molecule has 9 nitrogen and oxygen atoms in total. The van der Waals surface area contributed by atoms with Gasteiger partial charge < -0.3 is 39.1 Å². The topological polar surface area (TPSA) is 98.8 Å². The van der Waals surface area contributed by atoms with Gasteiger partial charge >= 0.3 is 0 Å². The summed E-state index contributed by atoms with van der Waals surface area (Å²) in [5.41, 5.74) is 0. The van der Waals surface area contributed by atoms with Gasteiger partial charge in [-0.3, -0.25) is 29.0 Å². The monoisotopic (exact) mass is 483 g/mol. The maximum absolute atomic E-state index is 12.4. The Morgan fingerprint density at radius 3 is 2.23 bits per heavy atom. The third-order valence-corrected chi connectivity index (χ3v) is 4.02. The van der Waals surface area contributed by atoms with Gasteiger partial charge in [0.05, 0.1) is 34.1 Å². The van der Waals surface area contributed by atoms with Crippen molar-refractivity contribution < 1.29 is 47.6 Å². The van der Waals surface area contributed by atoms with Crippen LogP contribution in [0.1, 0.15) is 12.8 Å². The van der Waals surface area contributed by atoms with Crippen LogP contribution >= 0.6 is 0 Å². The van der Waals surface area contributed by atoms with Crippen LogP contribution in [0.15, 0.2) is 0 Å². The normalized spacial score (nSPS) is 18.6. The van der Waals surface area contributed by atoms with E-state index in [9.17, 15) is 19.2 Å². The molecule has 4 amide bonds. The van der Waals surface area contributed by atoms with Gasteiger partial charge in [0.1, 0.15) is 6.04 Å². The van der Waals surface area contributed by atoms with Crippen molar-refractivity contribution in [1.82, 2.24) is 20.4 Å². The zero-order chi connectivity index (χ0) is 19.4. The molecule has 0 saturated carbocycles. The Morgan fingerprint density at radius 2 is 1.81 bits per heavy atom. The van der Waals surface area contributed by atoms with E-state index in [4.69, 9.17) is 0 Å². The third-order valence-electron chi connectivity index (χ3n) is 4.02. The summed E-state index contributed by atoms with van der Waals surface area (Å²) < 4.78 is 0.790. The molecule has 2 atom stereocenters. The Balaban J connectivity index is 0.00000625. The summed E-state index contributed by atoms with van der Waals surface area (Å²) in [6.07, 6.45) is 0.712. The van der Waals surface area contributed by atoms with E-state index >= 15 is 0 Å². The van der Waals surface area contributed by atoms with E-state index in [-0.39, 0.29) is 36.3 Å². The lowest BCUT2D eigenvalue weighted by atomic mass is 10.2. The number of quaternary nitrogens is 1. The van der Waals surface area contributed by atoms with Gasteiger partial charge in [-0.2, -0.15) is 0 Å². The first kappa shape index (κ1) is 24.7. The lowest BCUT2D eigenvalue weighted by Gasteiger charge is -2.25. The summed E-state index contributed by atoms with van der Waals surface area (Å²) in [5, 5.41) is 5.27. The second-order valence-corrected chi connectivity index (χ2v) is 7.58. The first-order valence-corrected chi connectivity index (χ1v) is 8.29. The lowest BCUT2D eigenvalue weighted by Crippen LogP contribution is -3.00. The number of likely N-dealkylation sites (N-methyl/N-ethyl adjacent to an activating group) is 2. The van der Waals surface area contributed by atoms with Gasteiger partial charge in [0.25, 0.3) is 5.91 Å². The predicted octanol–water partition coefficient (Wildman–Crippen LogP) is -4.99. The van der Waals surface area contributed by atoms with E-state index in [1.807, 2.05) is 0 Å². The molecule has 0 aromatic rings. The SMILES string of the molecule is CN1C(=O)CC(NC(=O)C(C(=O)NCCC[N+](C)(C)C)N(C)C)C1=O.[I-]. The van der Waals surface area contributed by atoms with Crippen molar-refractivity contribution in [2.45, 2.75) is 24.9 Å². The molecule has 0 spiro atoms. The quantitative estimate of drug-likeness (QED) is 0.119. The minimum atomic E-state index is -1.06. The first-order valence-electron chi connectivity index (χ1n) is 8.29. The largest absolute Gasteiger partial charge is 1.00 e. The van der Waals surface area contributed by atoms with E-state index < -0.39 is 29.8 Å². The molecule has 150 valence electrons. The van der Waals surface area contributed by atoms with Crippen molar-refractivity contribution in [3.63, 3.8) is 0 Å². The smallest absolute Gasteiger partial charge is 0.252 e. The molecule has 10 heteroatoms. The fourth-order valence-corrected chi connectivity index (χ4v) is 2.57. The van der Waals surface area contributed by atoms with Gasteiger partial charge in [-0.25, -0.2) is 0 Å². The number of nitrogens with one attached hydrogen (secondary N) is 2. The van der Waals surface area contributed by atoms with E-state index in [0.29, 0.717) is 6.54 Å². The summed E-state index contributed by atoms with van der Waals surface area (Å²) in [7, 11) is 10.8. The average Bonchev–Trinajstić information content (AvgIpc) is 2.70. The number of likely N-dealkylation sites (tertiary alicyclic amines) is 1. The molecule has 26 heavy (non-hydrogen) atoms. The number of hydrogen-bond acceptors (Lipinski definition) is 5. The first-order chi connectivity index (χ1) is 11.4. The average molecular weight is 483 g/mol. The van der Waals surface area contributed by atoms with Crippen LogP contribution in [-0.2, 0) is 19.2 Å². The molecule has 1 fully saturated rings. The van der Waals surface area contributed by atoms with E-state index in [2.05, 4.69) is 31.8 Å². The molecule has 0 radical (unpaired) electrons. The number of halogens is 1. The summed E-state index contributed by atoms with van der Waals surface area (Å²) in [5.74, 6) is -1.81. The predicted molar refractivity (Wildman–Crippen MR) is 92.3 cm³/mol. The van der Waals surface area contributed by atoms with Gasteiger partial charge in [-0.1, -0.05) is 0 Å². The summed E-state index contributed by atoms with van der Waals surface area (Å²) in [4.78, 5) is 50.7. The van der Waals surface area contributed by atoms with Gasteiger partial charge in [0.15, 0.2) is 6.04 Å². The Morgan fingerprint density at radius 1 is 1.23 bits per heavy atom. The number of nitrogens with zero attached hydrogens (tertiary/aromatic N) is 3. The number of hydrogen-bond donors (Lipinski definition) is 2. The number of carbonyl (C=O) groups is 4. The summed E-state index contributed by atoms with van der Waals surface area (Å²) in [6, 6.07) is -1.96. The standard InChI is InChI=1S/C16H29N5O4.HI/c1-19(2)13(14(23)17-8-7-9-21(4,5)6)15(24)18-11-10-12(22)20(3)16(11)25;/h11,13H,7-10H2,1-6H3,(H-,17,18,23,24);1H. The number of imide groups is 1. The van der Waals surface area contributed by atoms with Crippen molar-refractivity contribution in [1.29, 1.82) is 0 Å². The highest BCUT2D eigenvalue weighted by Crippen LogP contribution is 2.11. The highest BCUT2D eigenvalue weighted by Gasteiger charge is 2.39. The fraction of sp³-hybridized carbons (Fsp3) is 0.750. The zero-order valence-corrected chi connectivity index (χ0v) is 18.5. The van der Waals surface area contributed by atoms with Crippen molar-refractivity contribution in [3.8, 4) is 0 Å². The molecule has 2 N–H and O–H groups in total. The molecule has 0 aromatic heterocycles. The lowest BCUT2D eigenvalue weighted by molar-refractivity contribution is -0.870. The van der Waals surface area contributed by atoms with Crippen LogP contribution in [0.25, 0.3) is 0 Å². The fourth-order valence-electron chi connectivity index (χ4n) is 2.57. The summed E-state index contributed by atoms with van der Waals surface area (Å²) in [6.45, 7) is 1.36. The maximum atomic E-state index is 12.4. The molecule has 1 aliphatic rings. The van der Waals surface area contributed by atoms with Gasteiger partial charge in [-0.05, 0) is 14.1 Å². The van der Waals surface area contributed by atoms with Crippen LogP contribution in [0.2, 0.25) is 0 Å². The second-order valence-electron chi connectivity index (χ2n) is 7.58. The van der Waals surface area contributed by atoms with E-state index in [0.717, 1.165) is 22.3 Å². The molecular formula is C16H30IN5O4. The Bertz CT molecular complexity index is 547. The van der Waals surface area contributed by atoms with E-state index in [1.54, 1.807) is 14.1 Å². The van der Waals surface area contributed by atoms with Crippen LogP contribution in [0.5, 0.6) is 0 Å². The van der Waals surface area contributed by atoms with Crippen molar-refractivity contribution in [2.24, 2.45) is 0 Å². The highest BCUT2D eigenvalue weighted by molar-refractivity contribution is 6.09. The van der Waals surface area contributed by atoms with Gasteiger partial charge in [0.2, 0.25) is 17.7 Å². The molecule has 0 bridgehead atoms. The Kier molecular flexibility index (Phi) is 9.67. The number of carbonyl (C=O) groups excluding carboxylic acids is 4. The van der Waals surface area contributed by atoms with Crippen molar-refractivity contribution >= 4 is 23.6 Å². The molecule has 1 aliphatic heterocycles. The number of amides is 4. The number of rotatable bonds is 8. The minimum Gasteiger partial charge on any atom is -1.00 e. The molecule has 2 unspecified atom stereocenters. The third kappa shape index (κ3) is 7.16. The van der Waals surface area contributed by atoms with Gasteiger partial charge in [0, 0.05) is 20.0 Å². The van der Waals surface area contributed by atoms with Crippen LogP contribution in [0.3, 0.4) is 0 Å². The Hall–Kier alpha value is -1.27. The Labute approximate surface area is 172 Å². The van der Waals surface area contributed by atoms with E-state index in [1.165, 1.54) is 11.9 Å². The van der Waals surface area contributed by atoms with Gasteiger partial charge in [-0.15, -0.1) is 0 Å². The van der Waals surface area contributed by atoms with Crippen LogP contribution in [0, 0.1) is 0 Å². The molecular weight excluding hydrogens is 453 g/mol. The van der Waals surface area contributed by atoms with Crippen molar-refractivity contribution in [2.75, 3.05) is 55.4 Å². The van der Waals surface area contributed by atoms with Crippen LogP contribution in [0.4, 0.5) is 0 Å². The molecule has 1 heterocycles.